The molecule has 0 bridgehead atoms. The molecule has 2 aliphatic carbocycles. The maximum Gasteiger partial charge on any atom is 0.364 e. The Bertz CT molecular complexity index is 787. The molecule has 1 aromatic rings. The summed E-state index contributed by atoms with van der Waals surface area (Å²) in [5.74, 6) is 1.51. The lowest BCUT2D eigenvalue weighted by molar-refractivity contribution is -0.0155. The summed E-state index contributed by atoms with van der Waals surface area (Å²) in [6.07, 6.45) is 5.67. The summed E-state index contributed by atoms with van der Waals surface area (Å²) >= 11 is 0. The van der Waals surface area contributed by atoms with E-state index in [1.54, 1.807) is 19.2 Å². The van der Waals surface area contributed by atoms with Gasteiger partial charge in [0.15, 0.2) is 5.85 Å². The minimum absolute atomic E-state index is 0.197. The Hall–Kier alpha value is -0.870. The summed E-state index contributed by atoms with van der Waals surface area (Å²) in [5.41, 5.74) is 0.461. The van der Waals surface area contributed by atoms with Gasteiger partial charge < -0.3 is 18.9 Å². The predicted molar refractivity (Wildman–Crippen MR) is 138 cm³/mol. The Morgan fingerprint density at radius 1 is 0.853 bits per heavy atom. The molecule has 0 heterocycles. The molecule has 34 heavy (non-hydrogen) atoms. The van der Waals surface area contributed by atoms with E-state index in [1.165, 1.54) is 0 Å². The van der Waals surface area contributed by atoms with Crippen LogP contribution in [0.4, 0.5) is 0 Å². The Kier molecular flexibility index (Phi) is 9.71. The number of hydrogen-bond donors (Lipinski definition) is 1. The van der Waals surface area contributed by atoms with Crippen molar-refractivity contribution in [3.05, 3.63) is 29.8 Å². The second-order valence-electron chi connectivity index (χ2n) is 11.6. The van der Waals surface area contributed by atoms with Crippen LogP contribution in [-0.2, 0) is 13.6 Å². The van der Waals surface area contributed by atoms with E-state index in [1.807, 2.05) is 12.1 Å². The van der Waals surface area contributed by atoms with Crippen LogP contribution in [0.3, 0.4) is 0 Å². The molecule has 1 N–H and O–H groups in total. The van der Waals surface area contributed by atoms with Gasteiger partial charge in [0.05, 0.1) is 19.3 Å². The van der Waals surface area contributed by atoms with E-state index < -0.39 is 13.4 Å². The molecule has 0 aromatic heterocycles. The Labute approximate surface area is 207 Å². The first-order chi connectivity index (χ1) is 16.1. The third kappa shape index (κ3) is 6.46. The average Bonchev–Trinajstić information content (AvgIpc) is 2.78. The molecule has 0 amide bonds. The molecule has 3 rings (SSSR count). The molecule has 0 unspecified atom stereocenters. The van der Waals surface area contributed by atoms with Crippen molar-refractivity contribution in [1.82, 2.24) is 0 Å². The number of para-hydroxylation sites is 1. The summed E-state index contributed by atoms with van der Waals surface area (Å²) in [6, 6.07) is 7.21. The van der Waals surface area contributed by atoms with Crippen LogP contribution in [0.5, 0.6) is 5.75 Å². The summed E-state index contributed by atoms with van der Waals surface area (Å²) < 4.78 is 33.3. The highest BCUT2D eigenvalue weighted by atomic mass is 31.2. The normalized spacial score (nSPS) is 31.6. The first kappa shape index (κ1) is 27.7. The van der Waals surface area contributed by atoms with Crippen molar-refractivity contribution in [2.24, 2.45) is 35.5 Å². The van der Waals surface area contributed by atoms with Crippen LogP contribution in [0.15, 0.2) is 24.3 Å². The molecular weight excluding hydrogens is 447 g/mol. The third-order valence-corrected chi connectivity index (χ3v) is 10.2. The van der Waals surface area contributed by atoms with Crippen molar-refractivity contribution in [2.45, 2.75) is 98.1 Å². The van der Waals surface area contributed by atoms with Gasteiger partial charge in [-0.15, -0.1) is 0 Å². The van der Waals surface area contributed by atoms with Crippen LogP contribution in [0.2, 0.25) is 0 Å². The molecule has 2 saturated carbocycles. The lowest BCUT2D eigenvalue weighted by Crippen LogP contribution is -2.37. The third-order valence-electron chi connectivity index (χ3n) is 8.20. The first-order valence-corrected chi connectivity index (χ1v) is 14.9. The molecule has 0 saturated heterocycles. The largest absolute Gasteiger partial charge is 0.496 e. The van der Waals surface area contributed by atoms with Gasteiger partial charge >= 0.3 is 7.60 Å². The van der Waals surface area contributed by atoms with Crippen LogP contribution in [0.1, 0.15) is 91.5 Å². The number of ether oxygens (including phenoxy) is 1. The van der Waals surface area contributed by atoms with Crippen molar-refractivity contribution in [3.63, 3.8) is 0 Å². The van der Waals surface area contributed by atoms with Crippen molar-refractivity contribution in [2.75, 3.05) is 7.11 Å². The van der Waals surface area contributed by atoms with E-state index >= 15 is 0 Å². The van der Waals surface area contributed by atoms with E-state index in [2.05, 4.69) is 41.5 Å². The molecule has 5 nitrogen and oxygen atoms in total. The Balaban J connectivity index is 1.98. The summed E-state index contributed by atoms with van der Waals surface area (Å²) in [7, 11) is -2.38. The maximum absolute atomic E-state index is 14.7. The van der Waals surface area contributed by atoms with E-state index in [4.69, 9.17) is 13.8 Å². The second kappa shape index (κ2) is 11.9. The average molecular weight is 495 g/mol. The van der Waals surface area contributed by atoms with Crippen LogP contribution in [0.25, 0.3) is 0 Å². The Morgan fingerprint density at radius 2 is 1.32 bits per heavy atom. The van der Waals surface area contributed by atoms with Gasteiger partial charge in [-0.2, -0.15) is 0 Å². The van der Waals surface area contributed by atoms with E-state index in [-0.39, 0.29) is 12.2 Å². The van der Waals surface area contributed by atoms with Crippen LogP contribution in [0, 0.1) is 35.5 Å². The quantitative estimate of drug-likeness (QED) is 0.354. The van der Waals surface area contributed by atoms with Gasteiger partial charge in [0.1, 0.15) is 5.75 Å². The smallest absolute Gasteiger partial charge is 0.364 e. The number of aliphatic hydroxyl groups excluding tert-OH is 1. The zero-order chi connectivity index (χ0) is 25.0. The second-order valence-corrected chi connectivity index (χ2v) is 13.6. The standard InChI is InChI=1S/C28H47O5P/c1-18(2)22-14-12-20(5)16-26(22)32-34(30,28(29)24-10-8-9-11-25(24)31-7)33-27-17-21(6)13-15-23(27)19(3)4/h8-11,18-23,26-29H,12-17H2,1-7H3/t20-,21-,22+,23+,26-,27-,28-/m0/s1. The lowest BCUT2D eigenvalue weighted by atomic mass is 9.75. The number of benzene rings is 1. The zero-order valence-electron chi connectivity index (χ0n) is 22.3. The van der Waals surface area contributed by atoms with Crippen LogP contribution in [-0.4, -0.2) is 24.4 Å². The topological polar surface area (TPSA) is 65.0 Å². The summed E-state index contributed by atoms with van der Waals surface area (Å²) in [4.78, 5) is 0. The SMILES string of the molecule is COc1ccccc1[C@@H](O)P(=O)(O[C@H]1C[C@@H](C)CC[C@@H]1C(C)C)O[C@H]1C[C@@H](C)CC[C@@H]1C(C)C. The number of rotatable bonds is 9. The van der Waals surface area contributed by atoms with Gasteiger partial charge in [0, 0.05) is 5.56 Å². The summed E-state index contributed by atoms with van der Waals surface area (Å²) in [5, 5.41) is 11.6. The number of methoxy groups -OCH3 is 1. The zero-order valence-corrected chi connectivity index (χ0v) is 23.2. The van der Waals surface area contributed by atoms with E-state index in [0.29, 0.717) is 46.8 Å². The predicted octanol–water partition coefficient (Wildman–Crippen LogP) is 7.83. The highest BCUT2D eigenvalue weighted by molar-refractivity contribution is 7.54. The molecule has 2 aliphatic rings. The molecule has 194 valence electrons. The molecular formula is C28H47O5P. The molecule has 2 fully saturated rings. The van der Waals surface area contributed by atoms with Crippen molar-refractivity contribution < 1.29 is 23.5 Å². The lowest BCUT2D eigenvalue weighted by Gasteiger charge is -2.42. The first-order valence-electron chi connectivity index (χ1n) is 13.3. The Morgan fingerprint density at radius 3 is 1.76 bits per heavy atom. The van der Waals surface area contributed by atoms with Gasteiger partial charge in [0.2, 0.25) is 0 Å². The van der Waals surface area contributed by atoms with Crippen molar-refractivity contribution in [3.8, 4) is 5.75 Å². The molecule has 0 spiro atoms. The van der Waals surface area contributed by atoms with Crippen LogP contribution >= 0.6 is 7.60 Å². The van der Waals surface area contributed by atoms with Gasteiger partial charge in [-0.3, -0.25) is 4.57 Å². The molecule has 0 radical (unpaired) electrons. The van der Waals surface area contributed by atoms with Gasteiger partial charge in [-0.1, -0.05) is 72.6 Å². The van der Waals surface area contributed by atoms with Crippen LogP contribution < -0.4 is 4.74 Å². The van der Waals surface area contributed by atoms with Crippen molar-refractivity contribution in [1.29, 1.82) is 0 Å². The maximum atomic E-state index is 14.7. The van der Waals surface area contributed by atoms with Gasteiger partial charge in [-0.25, -0.2) is 0 Å². The molecule has 0 aliphatic heterocycles. The fraction of sp³-hybridized carbons (Fsp3) is 0.786. The minimum Gasteiger partial charge on any atom is -0.496 e. The van der Waals surface area contributed by atoms with Crippen molar-refractivity contribution >= 4 is 7.60 Å². The molecule has 7 atom stereocenters. The van der Waals surface area contributed by atoms with Gasteiger partial charge in [-0.05, 0) is 67.3 Å². The monoisotopic (exact) mass is 494 g/mol. The fourth-order valence-corrected chi connectivity index (χ4v) is 8.11. The number of aliphatic hydroxyl groups is 1. The minimum atomic E-state index is -3.94. The highest BCUT2D eigenvalue weighted by Crippen LogP contribution is 2.65. The molecule has 6 heteroatoms. The highest BCUT2D eigenvalue weighted by Gasteiger charge is 2.47. The van der Waals surface area contributed by atoms with Gasteiger partial charge in [0.25, 0.3) is 0 Å². The van der Waals surface area contributed by atoms with E-state index in [9.17, 15) is 9.67 Å². The molecule has 1 aromatic carbocycles. The number of hydrogen-bond acceptors (Lipinski definition) is 5. The van der Waals surface area contributed by atoms with E-state index in [0.717, 1.165) is 38.5 Å². The fourth-order valence-electron chi connectivity index (χ4n) is 6.04. The summed E-state index contributed by atoms with van der Waals surface area (Å²) in [6.45, 7) is 13.3.